The highest BCUT2D eigenvalue weighted by molar-refractivity contribution is 5.97. The van der Waals surface area contributed by atoms with Crippen molar-refractivity contribution in [3.8, 4) is 23.7 Å². The van der Waals surface area contributed by atoms with E-state index in [1.165, 1.54) is 39.2 Å². The molecule has 6 N–H and O–H groups in total. The van der Waals surface area contributed by atoms with Gasteiger partial charge in [-0.05, 0) is 109 Å². The third-order valence-electron chi connectivity index (χ3n) is 10.6. The predicted molar refractivity (Wildman–Crippen MR) is 284 cm³/mol. The number of carboxylic acid groups (broad SMARTS) is 1. The van der Waals surface area contributed by atoms with E-state index in [0.29, 0.717) is 5.56 Å². The maximum atomic E-state index is 12.4. The molecular weight excluding hydrogens is 917 g/mol. The molecule has 0 spiro atoms. The van der Waals surface area contributed by atoms with Gasteiger partial charge in [0.1, 0.15) is 6.04 Å². The van der Waals surface area contributed by atoms with Crippen molar-refractivity contribution < 1.29 is 53.4 Å². The van der Waals surface area contributed by atoms with Crippen LogP contribution in [0, 0.1) is 23.7 Å². The number of carboxylic acids is 1. The summed E-state index contributed by atoms with van der Waals surface area (Å²) in [6, 6.07) is 28.1. The quantitative estimate of drug-likeness (QED) is 0.0737. The second-order valence-electron chi connectivity index (χ2n) is 15.9. The molecule has 388 valence electrons. The highest BCUT2D eigenvalue weighted by Crippen LogP contribution is 2.12. The lowest BCUT2D eigenvalue weighted by Gasteiger charge is -2.26. The Balaban J connectivity index is 0.000000606. The Labute approximate surface area is 426 Å². The van der Waals surface area contributed by atoms with Crippen LogP contribution in [0.1, 0.15) is 90.2 Å². The van der Waals surface area contributed by atoms with Crippen LogP contribution in [-0.2, 0) is 41.6 Å². The molecule has 72 heavy (non-hydrogen) atoms. The second-order valence-corrected chi connectivity index (χ2v) is 15.9. The summed E-state index contributed by atoms with van der Waals surface area (Å²) in [5, 5.41) is 29.8. The molecule has 0 radical (unpaired) electrons. The van der Waals surface area contributed by atoms with Crippen LogP contribution in [0.25, 0.3) is 12.2 Å². The van der Waals surface area contributed by atoms with Gasteiger partial charge in [0.25, 0.3) is 5.91 Å². The first-order chi connectivity index (χ1) is 33.3. The summed E-state index contributed by atoms with van der Waals surface area (Å²) in [5.41, 5.74) is 12.1. The first kappa shape index (κ1) is 63.1. The van der Waals surface area contributed by atoms with Crippen LogP contribution in [-0.4, -0.2) is 140 Å². The fourth-order valence-electron chi connectivity index (χ4n) is 6.49. The Morgan fingerprint density at radius 2 is 1.01 bits per heavy atom. The fourth-order valence-corrected chi connectivity index (χ4v) is 6.49. The van der Waals surface area contributed by atoms with Gasteiger partial charge in [-0.2, -0.15) is 0 Å². The first-order valence-corrected chi connectivity index (χ1v) is 22.4. The lowest BCUT2D eigenvalue weighted by atomic mass is 10.1. The summed E-state index contributed by atoms with van der Waals surface area (Å²) in [7, 11) is 2.43. The zero-order valence-electron chi connectivity index (χ0n) is 39.5. The second kappa shape index (κ2) is 34.4. The van der Waals surface area contributed by atoms with Gasteiger partial charge in [0.05, 0.1) is 58.4 Å². The van der Waals surface area contributed by atoms with Crippen LogP contribution in [0.3, 0.4) is 0 Å². The number of hydrogen-bond donors (Lipinski definition) is 5. The van der Waals surface area contributed by atoms with Crippen molar-refractivity contribution in [2.24, 2.45) is 5.73 Å². The summed E-state index contributed by atoms with van der Waals surface area (Å²) < 4.78 is 19.6. The number of methoxy groups -OCH3 is 2. The van der Waals surface area contributed by atoms with Crippen molar-refractivity contribution in [3.63, 3.8) is 0 Å². The minimum absolute atomic E-state index is 0. The molecule has 0 saturated carbocycles. The topological polar surface area (TPSA) is 210 Å². The molecule has 2 saturated heterocycles. The van der Waals surface area contributed by atoms with Crippen LogP contribution in [0.5, 0.6) is 0 Å². The SMILES string of the molecule is C.C.C.COC(=O)[C@@H](N)[C@@H](C)O.COC(=O)[C@@H](NC(=O)c1ccc(/C=C\C#Cc2ccc(CN3CCOCC3)cc2)cc1)[C@@H](C)O.O=C(O)c1ccc(/C=C\C#Cc2ccc(CN3CCOCC3)cc2)cc1. The summed E-state index contributed by atoms with van der Waals surface area (Å²) in [4.78, 5) is 50.1. The van der Waals surface area contributed by atoms with Crippen molar-refractivity contribution in [2.45, 2.75) is 73.5 Å². The number of nitrogens with one attached hydrogen (secondary N) is 1. The van der Waals surface area contributed by atoms with E-state index in [-0.39, 0.29) is 27.8 Å². The van der Waals surface area contributed by atoms with Crippen molar-refractivity contribution >= 4 is 36.0 Å². The van der Waals surface area contributed by atoms with Gasteiger partial charge in [-0.15, -0.1) is 0 Å². The molecule has 2 fully saturated rings. The van der Waals surface area contributed by atoms with Gasteiger partial charge in [0, 0.05) is 56.0 Å². The zero-order valence-corrected chi connectivity index (χ0v) is 39.5. The number of esters is 2. The fraction of sp³-hybridized carbons (Fsp3) is 0.368. The molecule has 2 aliphatic heterocycles. The molecule has 6 rings (SSSR count). The third-order valence-corrected chi connectivity index (χ3v) is 10.6. The molecule has 4 aromatic rings. The van der Waals surface area contributed by atoms with Gasteiger partial charge in [-0.3, -0.25) is 19.4 Å². The van der Waals surface area contributed by atoms with Crippen molar-refractivity contribution in [3.05, 3.63) is 154 Å². The smallest absolute Gasteiger partial charge is 0.335 e. The zero-order chi connectivity index (χ0) is 50.0. The van der Waals surface area contributed by atoms with E-state index in [4.69, 9.17) is 25.4 Å². The molecular formula is C57H74N4O11. The maximum absolute atomic E-state index is 12.4. The number of ether oxygens (including phenoxy) is 4. The molecule has 0 bridgehead atoms. The number of aliphatic hydroxyl groups is 2. The van der Waals surface area contributed by atoms with E-state index < -0.39 is 48.1 Å². The number of nitrogens with two attached hydrogens (primary N) is 1. The number of nitrogens with zero attached hydrogens (tertiary/aromatic N) is 2. The Hall–Kier alpha value is -6.92. The van der Waals surface area contributed by atoms with E-state index in [1.54, 1.807) is 60.7 Å². The molecule has 4 aromatic carbocycles. The highest BCUT2D eigenvalue weighted by Gasteiger charge is 2.27. The average Bonchev–Trinajstić information content (AvgIpc) is 3.37. The number of carbonyl (C=O) groups is 4. The predicted octanol–water partition coefficient (Wildman–Crippen LogP) is 6.29. The minimum atomic E-state index is -1.12. The largest absolute Gasteiger partial charge is 0.478 e. The van der Waals surface area contributed by atoms with E-state index in [1.807, 2.05) is 36.4 Å². The Bertz CT molecular complexity index is 2420. The molecule has 15 nitrogen and oxygen atoms in total. The van der Waals surface area contributed by atoms with Crippen LogP contribution in [0.2, 0.25) is 0 Å². The first-order valence-electron chi connectivity index (χ1n) is 22.4. The number of allylic oxidation sites excluding steroid dienone is 2. The standard InChI is InChI=1S/C27H30N2O5.C22H21NO3.C5H11NO3.3CH4/c1-20(30)25(27(32)33-2)28-26(31)24-13-11-22(12-14-24)6-4-3-5-21-7-9-23(10-8-21)19-29-15-17-34-18-16-29;24-22(25)21-11-9-19(10-12-21)4-2-1-3-18-5-7-20(8-6-18)17-23-13-15-26-16-14-23;1-3(7)4(6)5(8)9-2;;;/h4,6-14,20,25,30H,15-19H2,1-2H3,(H,28,31);2,4-12H,13-17H2,(H,24,25);3-4,7H,6H2,1-2H3;3*1H4/b6-4-;4-2-;;;;/t20-,25+;;3-,4+;;;/m1.1.../s1. The third kappa shape index (κ3) is 22.9. The molecule has 0 aliphatic carbocycles. The monoisotopic (exact) mass is 991 g/mol. The number of hydrogen-bond acceptors (Lipinski definition) is 13. The molecule has 0 aromatic heterocycles. The molecule has 0 unspecified atom stereocenters. The summed E-state index contributed by atoms with van der Waals surface area (Å²) in [5.74, 6) is 9.60. The summed E-state index contributed by atoms with van der Waals surface area (Å²) in [6.45, 7) is 11.8. The number of aliphatic hydroxyl groups excluding tert-OH is 2. The Kier molecular flexibility index (Phi) is 30.2. The van der Waals surface area contributed by atoms with Crippen LogP contribution >= 0.6 is 0 Å². The number of carbonyl (C=O) groups excluding carboxylic acids is 3. The normalized spacial score (nSPS) is 14.8. The highest BCUT2D eigenvalue weighted by atomic mass is 16.5. The van der Waals surface area contributed by atoms with E-state index in [9.17, 15) is 24.3 Å². The van der Waals surface area contributed by atoms with E-state index in [0.717, 1.165) is 87.9 Å². The Morgan fingerprint density at radius 3 is 1.35 bits per heavy atom. The Morgan fingerprint density at radius 1 is 0.625 bits per heavy atom. The number of aromatic carboxylic acids is 1. The average molecular weight is 991 g/mol. The number of morpholine rings is 2. The number of rotatable bonds is 13. The summed E-state index contributed by atoms with van der Waals surface area (Å²) >= 11 is 0. The van der Waals surface area contributed by atoms with Crippen LogP contribution < -0.4 is 11.1 Å². The maximum Gasteiger partial charge on any atom is 0.335 e. The van der Waals surface area contributed by atoms with Gasteiger partial charge in [0.2, 0.25) is 0 Å². The van der Waals surface area contributed by atoms with Gasteiger partial charge < -0.3 is 45.3 Å². The van der Waals surface area contributed by atoms with Gasteiger partial charge in [-0.1, -0.05) is 94.5 Å². The van der Waals surface area contributed by atoms with Crippen molar-refractivity contribution in [2.75, 3.05) is 66.8 Å². The van der Waals surface area contributed by atoms with Gasteiger partial charge >= 0.3 is 17.9 Å². The van der Waals surface area contributed by atoms with E-state index in [2.05, 4.69) is 72.5 Å². The minimum Gasteiger partial charge on any atom is -0.478 e. The molecule has 4 atom stereocenters. The molecule has 2 heterocycles. The van der Waals surface area contributed by atoms with Crippen molar-refractivity contribution in [1.82, 2.24) is 15.1 Å². The molecule has 15 heteroatoms. The molecule has 2 aliphatic rings. The lowest BCUT2D eigenvalue weighted by Crippen LogP contribution is -2.48. The van der Waals surface area contributed by atoms with Gasteiger partial charge in [-0.25, -0.2) is 9.59 Å². The molecule has 1 amide bonds. The summed E-state index contributed by atoms with van der Waals surface area (Å²) in [6.07, 6.45) is 5.34. The van der Waals surface area contributed by atoms with Crippen LogP contribution in [0.15, 0.2) is 109 Å². The van der Waals surface area contributed by atoms with Crippen LogP contribution in [0.4, 0.5) is 0 Å². The van der Waals surface area contributed by atoms with E-state index >= 15 is 0 Å². The number of benzene rings is 4. The number of amides is 1. The van der Waals surface area contributed by atoms with Gasteiger partial charge in [0.15, 0.2) is 6.04 Å². The van der Waals surface area contributed by atoms with Crippen molar-refractivity contribution in [1.29, 1.82) is 0 Å². The lowest BCUT2D eigenvalue weighted by molar-refractivity contribution is -0.146.